The number of hydrogen-bond donors (Lipinski definition) is 0. The Kier molecular flexibility index (Phi) is 9.58. The number of rotatable bonds is 11. The number of allylic oxidation sites excluding steroid dienone is 1. The molecule has 0 unspecified atom stereocenters. The molecule has 0 heterocycles. The zero-order chi connectivity index (χ0) is 26.7. The van der Waals surface area contributed by atoms with Crippen LogP contribution in [0.15, 0.2) is 93.1 Å². The summed E-state index contributed by atoms with van der Waals surface area (Å²) < 4.78 is 20.3. The maximum atomic E-state index is 12.9. The topological polar surface area (TPSA) is 122 Å². The number of benzene rings is 2. The van der Waals surface area contributed by atoms with E-state index in [1.165, 1.54) is 42.5 Å². The van der Waals surface area contributed by atoms with Gasteiger partial charge in [0.15, 0.2) is 5.78 Å². The van der Waals surface area contributed by atoms with Crippen molar-refractivity contribution in [1.82, 2.24) is 0 Å². The molecular formula is C27H20O9. The highest BCUT2D eigenvalue weighted by Crippen LogP contribution is 2.28. The summed E-state index contributed by atoms with van der Waals surface area (Å²) in [6, 6.07) is 7.89. The van der Waals surface area contributed by atoms with Crippen LogP contribution < -0.4 is 18.9 Å². The van der Waals surface area contributed by atoms with Gasteiger partial charge in [-0.05, 0) is 36.4 Å². The standard InChI is InChI=1S/C27H20O9/c1-5-24(29)33-19-11-9-17(23(16-19)36-27(32)8-4)10-12-22(28)18-13-20(34-25(30)6-2)15-21(14-18)35-26(31)7-3/h5-16H,1-4H2/b12-10+. The van der Waals surface area contributed by atoms with Gasteiger partial charge < -0.3 is 18.9 Å². The number of ketones is 1. The molecule has 2 aromatic rings. The SMILES string of the molecule is C=CC(=O)Oc1cc(OC(=O)C=C)cc(C(=O)/C=C/c2ccc(OC(=O)C=C)cc2OC(=O)C=C)c1. The lowest BCUT2D eigenvalue weighted by Crippen LogP contribution is -2.08. The second kappa shape index (κ2) is 12.8. The Morgan fingerprint density at radius 2 is 1.06 bits per heavy atom. The Balaban J connectivity index is 2.42. The van der Waals surface area contributed by atoms with E-state index in [9.17, 15) is 24.0 Å². The van der Waals surface area contributed by atoms with Gasteiger partial charge in [-0.1, -0.05) is 26.3 Å². The monoisotopic (exact) mass is 488 g/mol. The molecule has 0 aliphatic carbocycles. The number of esters is 4. The van der Waals surface area contributed by atoms with Crippen LogP contribution in [-0.4, -0.2) is 29.7 Å². The summed E-state index contributed by atoms with van der Waals surface area (Å²) in [6.45, 7) is 13.2. The molecule has 9 nitrogen and oxygen atoms in total. The van der Waals surface area contributed by atoms with E-state index in [1.54, 1.807) is 0 Å². The van der Waals surface area contributed by atoms with Crippen LogP contribution >= 0.6 is 0 Å². The van der Waals surface area contributed by atoms with E-state index < -0.39 is 29.7 Å². The van der Waals surface area contributed by atoms with Gasteiger partial charge in [0.25, 0.3) is 0 Å². The number of hydrogen-bond acceptors (Lipinski definition) is 9. The van der Waals surface area contributed by atoms with Gasteiger partial charge in [-0.15, -0.1) is 0 Å². The van der Waals surface area contributed by atoms with Gasteiger partial charge in [0.2, 0.25) is 0 Å². The van der Waals surface area contributed by atoms with Crippen LogP contribution in [0.1, 0.15) is 15.9 Å². The van der Waals surface area contributed by atoms with E-state index in [-0.39, 0.29) is 34.1 Å². The lowest BCUT2D eigenvalue weighted by molar-refractivity contribution is -0.130. The van der Waals surface area contributed by atoms with Crippen molar-refractivity contribution in [3.63, 3.8) is 0 Å². The van der Waals surface area contributed by atoms with Crippen LogP contribution in [0.2, 0.25) is 0 Å². The highest BCUT2D eigenvalue weighted by molar-refractivity contribution is 6.07. The molecule has 0 aromatic heterocycles. The third kappa shape index (κ3) is 7.92. The first-order chi connectivity index (χ1) is 17.2. The third-order valence-corrected chi connectivity index (χ3v) is 4.10. The van der Waals surface area contributed by atoms with Gasteiger partial charge in [0.1, 0.15) is 23.0 Å². The van der Waals surface area contributed by atoms with Crippen molar-refractivity contribution in [3.8, 4) is 23.0 Å². The molecule has 0 saturated heterocycles. The molecule has 36 heavy (non-hydrogen) atoms. The van der Waals surface area contributed by atoms with Gasteiger partial charge >= 0.3 is 23.9 Å². The Morgan fingerprint density at radius 1 is 0.583 bits per heavy atom. The first-order valence-electron chi connectivity index (χ1n) is 10.1. The molecule has 0 aliphatic heterocycles. The second-order valence-electron chi connectivity index (χ2n) is 6.59. The van der Waals surface area contributed by atoms with Crippen molar-refractivity contribution in [2.75, 3.05) is 0 Å². The Bertz CT molecular complexity index is 1260. The number of carbonyl (C=O) groups excluding carboxylic acids is 5. The van der Waals surface area contributed by atoms with Gasteiger partial charge in [-0.2, -0.15) is 0 Å². The maximum Gasteiger partial charge on any atom is 0.335 e. The van der Waals surface area contributed by atoms with Crippen molar-refractivity contribution in [2.24, 2.45) is 0 Å². The Hall–Kier alpha value is -5.31. The van der Waals surface area contributed by atoms with E-state index in [2.05, 4.69) is 26.3 Å². The molecule has 0 N–H and O–H groups in total. The van der Waals surface area contributed by atoms with Gasteiger partial charge in [0.05, 0.1) is 0 Å². The molecule has 182 valence electrons. The van der Waals surface area contributed by atoms with E-state index in [0.29, 0.717) is 0 Å². The second-order valence-corrected chi connectivity index (χ2v) is 6.59. The highest BCUT2D eigenvalue weighted by Gasteiger charge is 2.13. The minimum atomic E-state index is -0.790. The summed E-state index contributed by atoms with van der Waals surface area (Å²) in [6.07, 6.45) is 6.22. The summed E-state index contributed by atoms with van der Waals surface area (Å²) in [5.41, 5.74) is 0.290. The fourth-order valence-electron chi connectivity index (χ4n) is 2.52. The zero-order valence-corrected chi connectivity index (χ0v) is 18.9. The van der Waals surface area contributed by atoms with Crippen LogP contribution in [0.25, 0.3) is 6.08 Å². The molecule has 0 saturated carbocycles. The van der Waals surface area contributed by atoms with Crippen molar-refractivity contribution < 1.29 is 42.9 Å². The first-order valence-corrected chi connectivity index (χ1v) is 10.1. The van der Waals surface area contributed by atoms with Crippen LogP contribution in [0, 0.1) is 0 Å². The predicted octanol–water partition coefficient (Wildman–Crippen LogP) is 3.95. The van der Waals surface area contributed by atoms with E-state index >= 15 is 0 Å². The van der Waals surface area contributed by atoms with E-state index in [4.69, 9.17) is 18.9 Å². The van der Waals surface area contributed by atoms with Crippen LogP contribution in [-0.2, 0) is 19.2 Å². The van der Waals surface area contributed by atoms with Crippen molar-refractivity contribution in [1.29, 1.82) is 0 Å². The number of ether oxygens (including phenoxy) is 4. The highest BCUT2D eigenvalue weighted by atomic mass is 16.6. The van der Waals surface area contributed by atoms with Gasteiger partial charge in [0, 0.05) is 47.6 Å². The number of carbonyl (C=O) groups is 5. The molecule has 0 bridgehead atoms. The predicted molar refractivity (Wildman–Crippen MR) is 130 cm³/mol. The Morgan fingerprint density at radius 3 is 1.56 bits per heavy atom. The maximum absolute atomic E-state index is 12.9. The van der Waals surface area contributed by atoms with Crippen LogP contribution in [0.5, 0.6) is 23.0 Å². The van der Waals surface area contributed by atoms with Gasteiger partial charge in [-0.25, -0.2) is 19.2 Å². The molecule has 0 amide bonds. The average molecular weight is 488 g/mol. The fraction of sp³-hybridized carbons (Fsp3) is 0. The summed E-state index contributed by atoms with van der Waals surface area (Å²) in [7, 11) is 0. The van der Waals surface area contributed by atoms with Gasteiger partial charge in [-0.3, -0.25) is 4.79 Å². The van der Waals surface area contributed by atoms with Crippen molar-refractivity contribution in [2.45, 2.75) is 0 Å². The average Bonchev–Trinajstić information content (AvgIpc) is 2.87. The van der Waals surface area contributed by atoms with Crippen molar-refractivity contribution >= 4 is 35.7 Å². The molecule has 9 heteroatoms. The third-order valence-electron chi connectivity index (χ3n) is 4.10. The Labute approximate surface area is 206 Å². The summed E-state index contributed by atoms with van der Waals surface area (Å²) in [5.74, 6) is -3.75. The van der Waals surface area contributed by atoms with E-state index in [0.717, 1.165) is 30.4 Å². The molecule has 0 aliphatic rings. The molecule has 0 radical (unpaired) electrons. The minimum absolute atomic E-state index is 0.00800. The largest absolute Gasteiger partial charge is 0.423 e. The quantitative estimate of drug-likeness (QED) is 0.200. The summed E-state index contributed by atoms with van der Waals surface area (Å²) >= 11 is 0. The minimum Gasteiger partial charge on any atom is -0.423 e. The lowest BCUT2D eigenvalue weighted by atomic mass is 10.1. The zero-order valence-electron chi connectivity index (χ0n) is 18.9. The normalized spacial score (nSPS) is 10.0. The summed E-state index contributed by atoms with van der Waals surface area (Å²) in [5, 5.41) is 0. The fourth-order valence-corrected chi connectivity index (χ4v) is 2.52. The van der Waals surface area contributed by atoms with Crippen molar-refractivity contribution in [3.05, 3.63) is 104 Å². The molecule has 0 spiro atoms. The van der Waals surface area contributed by atoms with Crippen LogP contribution in [0.3, 0.4) is 0 Å². The first kappa shape index (κ1) is 26.9. The molecular weight excluding hydrogens is 468 g/mol. The molecule has 2 aromatic carbocycles. The summed E-state index contributed by atoms with van der Waals surface area (Å²) in [4.78, 5) is 59.2. The molecule has 0 atom stereocenters. The smallest absolute Gasteiger partial charge is 0.335 e. The lowest BCUT2D eigenvalue weighted by Gasteiger charge is -2.09. The van der Waals surface area contributed by atoms with E-state index in [1.807, 2.05) is 0 Å². The van der Waals surface area contributed by atoms with Crippen LogP contribution in [0.4, 0.5) is 0 Å². The molecule has 2 rings (SSSR count). The molecule has 0 fully saturated rings.